The quantitative estimate of drug-likeness (QED) is 0.748. The van der Waals surface area contributed by atoms with Gasteiger partial charge in [0.15, 0.2) is 11.5 Å². The predicted molar refractivity (Wildman–Crippen MR) is 91.8 cm³/mol. The van der Waals surface area contributed by atoms with Gasteiger partial charge in [0.05, 0.1) is 19.8 Å². The van der Waals surface area contributed by atoms with Crippen LogP contribution in [-0.2, 0) is 4.74 Å². The molecule has 0 saturated carbocycles. The number of carbonyl (C=O) groups is 1. The average molecular weight is 333 g/mol. The van der Waals surface area contributed by atoms with Gasteiger partial charge in [0.25, 0.3) is 0 Å². The van der Waals surface area contributed by atoms with Gasteiger partial charge in [-0.2, -0.15) is 0 Å². The summed E-state index contributed by atoms with van der Waals surface area (Å²) in [5.41, 5.74) is 0.510. The molecule has 0 unspecified atom stereocenters. The van der Waals surface area contributed by atoms with Crippen molar-refractivity contribution in [3.05, 3.63) is 23.8 Å². The molecule has 5 nitrogen and oxygen atoms in total. The molecule has 24 heavy (non-hydrogen) atoms. The fourth-order valence-corrected chi connectivity index (χ4v) is 4.13. The first kappa shape index (κ1) is 17.1. The molecule has 2 bridgehead atoms. The third-order valence-corrected chi connectivity index (χ3v) is 5.22. The van der Waals surface area contributed by atoms with Crippen LogP contribution < -0.4 is 9.47 Å². The Hall–Kier alpha value is -1.75. The Morgan fingerprint density at radius 3 is 2.38 bits per heavy atom. The zero-order chi connectivity index (χ0) is 17.1. The molecule has 2 saturated heterocycles. The minimum Gasteiger partial charge on any atom is -0.493 e. The highest BCUT2D eigenvalue weighted by atomic mass is 16.5. The van der Waals surface area contributed by atoms with Gasteiger partial charge in [-0.15, -0.1) is 0 Å². The van der Waals surface area contributed by atoms with E-state index in [1.165, 1.54) is 19.3 Å². The second-order valence-electron chi connectivity index (χ2n) is 6.69. The maximum absolute atomic E-state index is 12.5. The summed E-state index contributed by atoms with van der Waals surface area (Å²) in [6.45, 7) is 3.38. The number of ether oxygens (including phenoxy) is 3. The molecule has 2 aliphatic heterocycles. The van der Waals surface area contributed by atoms with E-state index in [0.29, 0.717) is 29.1 Å². The van der Waals surface area contributed by atoms with Crippen LogP contribution in [0, 0.1) is 0 Å². The maximum atomic E-state index is 12.5. The molecule has 0 radical (unpaired) electrons. The lowest BCUT2D eigenvalue weighted by molar-refractivity contribution is -0.00598. The van der Waals surface area contributed by atoms with E-state index in [-0.39, 0.29) is 12.1 Å². The number of rotatable bonds is 6. The second-order valence-corrected chi connectivity index (χ2v) is 6.69. The van der Waals surface area contributed by atoms with Gasteiger partial charge in [-0.3, -0.25) is 4.90 Å². The third kappa shape index (κ3) is 3.36. The second kappa shape index (κ2) is 7.43. The molecule has 2 heterocycles. The number of esters is 1. The highest BCUT2D eigenvalue weighted by Gasteiger charge is 2.41. The van der Waals surface area contributed by atoms with Crippen molar-refractivity contribution in [1.82, 2.24) is 4.90 Å². The Morgan fingerprint density at radius 2 is 1.79 bits per heavy atom. The van der Waals surface area contributed by atoms with Crippen LogP contribution in [0.15, 0.2) is 18.2 Å². The van der Waals surface area contributed by atoms with Crippen molar-refractivity contribution in [1.29, 1.82) is 0 Å². The highest BCUT2D eigenvalue weighted by Crippen LogP contribution is 2.37. The summed E-state index contributed by atoms with van der Waals surface area (Å²) in [4.78, 5) is 15.1. The van der Waals surface area contributed by atoms with E-state index in [0.717, 1.165) is 19.4 Å². The smallest absolute Gasteiger partial charge is 0.338 e. The molecule has 2 aliphatic rings. The van der Waals surface area contributed by atoms with E-state index in [2.05, 4.69) is 11.8 Å². The van der Waals surface area contributed by atoms with E-state index in [1.807, 2.05) is 0 Å². The first-order chi connectivity index (χ1) is 11.7. The SMILES string of the molecule is CCCN1[C@H]2CC[C@H]1CC(OC(=O)c1ccc(OC)c(OC)c1)C2. The topological polar surface area (TPSA) is 48.0 Å². The van der Waals surface area contributed by atoms with Gasteiger partial charge < -0.3 is 14.2 Å². The van der Waals surface area contributed by atoms with Crippen LogP contribution in [0.4, 0.5) is 0 Å². The molecule has 2 fully saturated rings. The number of piperidine rings is 1. The van der Waals surface area contributed by atoms with Crippen molar-refractivity contribution in [3.8, 4) is 11.5 Å². The summed E-state index contributed by atoms with van der Waals surface area (Å²) in [5.74, 6) is 0.883. The van der Waals surface area contributed by atoms with E-state index in [9.17, 15) is 4.79 Å². The minimum absolute atomic E-state index is 0.0243. The van der Waals surface area contributed by atoms with Gasteiger partial charge in [-0.1, -0.05) is 6.92 Å². The number of nitrogens with zero attached hydrogens (tertiary/aromatic N) is 1. The standard InChI is InChI=1S/C19H27NO4/c1-4-9-20-14-6-7-15(20)12-16(11-14)24-19(21)13-5-8-17(22-2)18(10-13)23-3/h5,8,10,14-16H,4,6-7,9,11-12H2,1-3H3/t14-,15-/m0/s1. The molecule has 5 heteroatoms. The third-order valence-electron chi connectivity index (χ3n) is 5.22. The monoisotopic (exact) mass is 333 g/mol. The van der Waals surface area contributed by atoms with Crippen molar-refractivity contribution in [2.45, 2.75) is 57.2 Å². The van der Waals surface area contributed by atoms with E-state index < -0.39 is 0 Å². The van der Waals surface area contributed by atoms with Crippen molar-refractivity contribution >= 4 is 5.97 Å². The minimum atomic E-state index is -0.274. The molecule has 0 spiro atoms. The number of benzene rings is 1. The number of hydrogen-bond acceptors (Lipinski definition) is 5. The maximum Gasteiger partial charge on any atom is 0.338 e. The van der Waals surface area contributed by atoms with Crippen LogP contribution in [0.2, 0.25) is 0 Å². The number of hydrogen-bond donors (Lipinski definition) is 0. The Morgan fingerprint density at radius 1 is 1.12 bits per heavy atom. The molecular formula is C19H27NO4. The van der Waals surface area contributed by atoms with Gasteiger partial charge in [-0.05, 0) is 44.0 Å². The summed E-state index contributed by atoms with van der Waals surface area (Å²) >= 11 is 0. The van der Waals surface area contributed by atoms with Gasteiger partial charge in [0.1, 0.15) is 6.10 Å². The lowest BCUT2D eigenvalue weighted by Crippen LogP contribution is -2.46. The fourth-order valence-electron chi connectivity index (χ4n) is 4.13. The highest BCUT2D eigenvalue weighted by molar-refractivity contribution is 5.90. The van der Waals surface area contributed by atoms with E-state index >= 15 is 0 Å². The number of carbonyl (C=O) groups excluding carboxylic acids is 1. The first-order valence-electron chi connectivity index (χ1n) is 8.85. The summed E-state index contributed by atoms with van der Waals surface area (Å²) in [6.07, 6.45) is 5.58. The predicted octanol–water partition coefficient (Wildman–Crippen LogP) is 3.27. The van der Waals surface area contributed by atoms with Crippen LogP contribution in [-0.4, -0.2) is 49.8 Å². The molecule has 0 aromatic heterocycles. The summed E-state index contributed by atoms with van der Waals surface area (Å²) < 4.78 is 16.3. The summed E-state index contributed by atoms with van der Waals surface area (Å²) in [6, 6.07) is 6.30. The Kier molecular flexibility index (Phi) is 5.29. The summed E-state index contributed by atoms with van der Waals surface area (Å²) in [5, 5.41) is 0. The molecule has 3 rings (SSSR count). The van der Waals surface area contributed by atoms with Crippen LogP contribution >= 0.6 is 0 Å². The van der Waals surface area contributed by atoms with Crippen molar-refractivity contribution < 1.29 is 19.0 Å². The van der Waals surface area contributed by atoms with Crippen molar-refractivity contribution in [3.63, 3.8) is 0 Å². The Balaban J connectivity index is 1.64. The van der Waals surface area contributed by atoms with E-state index in [1.54, 1.807) is 32.4 Å². The van der Waals surface area contributed by atoms with Gasteiger partial charge in [-0.25, -0.2) is 4.79 Å². The van der Waals surface area contributed by atoms with Gasteiger partial charge in [0.2, 0.25) is 0 Å². The van der Waals surface area contributed by atoms with Gasteiger partial charge >= 0.3 is 5.97 Å². The molecule has 0 amide bonds. The Bertz CT molecular complexity index is 575. The molecule has 0 N–H and O–H groups in total. The molecular weight excluding hydrogens is 306 g/mol. The number of methoxy groups -OCH3 is 2. The van der Waals surface area contributed by atoms with E-state index in [4.69, 9.17) is 14.2 Å². The lowest BCUT2D eigenvalue weighted by atomic mass is 9.99. The molecule has 2 atom stereocenters. The molecule has 132 valence electrons. The zero-order valence-electron chi connectivity index (χ0n) is 14.8. The fraction of sp³-hybridized carbons (Fsp3) is 0.632. The van der Waals surface area contributed by atoms with Gasteiger partial charge in [0, 0.05) is 24.9 Å². The molecule has 0 aliphatic carbocycles. The molecule has 1 aromatic carbocycles. The molecule has 1 aromatic rings. The largest absolute Gasteiger partial charge is 0.493 e. The van der Waals surface area contributed by atoms with Crippen molar-refractivity contribution in [2.24, 2.45) is 0 Å². The average Bonchev–Trinajstić information content (AvgIpc) is 2.83. The number of fused-ring (bicyclic) bond motifs is 2. The van der Waals surface area contributed by atoms with Crippen LogP contribution in [0.1, 0.15) is 49.4 Å². The van der Waals surface area contributed by atoms with Crippen LogP contribution in [0.25, 0.3) is 0 Å². The Labute approximate surface area is 143 Å². The zero-order valence-corrected chi connectivity index (χ0v) is 14.8. The van der Waals surface area contributed by atoms with Crippen LogP contribution in [0.3, 0.4) is 0 Å². The normalized spacial score (nSPS) is 26.2. The summed E-state index contributed by atoms with van der Waals surface area (Å²) in [7, 11) is 3.14. The first-order valence-corrected chi connectivity index (χ1v) is 8.85. The lowest BCUT2D eigenvalue weighted by Gasteiger charge is -2.38. The van der Waals surface area contributed by atoms with Crippen molar-refractivity contribution in [2.75, 3.05) is 20.8 Å². The van der Waals surface area contributed by atoms with Crippen LogP contribution in [0.5, 0.6) is 11.5 Å².